The Labute approximate surface area is 121 Å². The van der Waals surface area contributed by atoms with Crippen molar-refractivity contribution in [3.8, 4) is 0 Å². The lowest BCUT2D eigenvalue weighted by atomic mass is 10.2. The Bertz CT molecular complexity index is 648. The average Bonchev–Trinajstić information content (AvgIpc) is 2.79. The van der Waals surface area contributed by atoms with Crippen LogP contribution in [0.15, 0.2) is 21.6 Å². The van der Waals surface area contributed by atoms with Gasteiger partial charge < -0.3 is 9.84 Å². The van der Waals surface area contributed by atoms with Gasteiger partial charge in [0.05, 0.1) is 24.1 Å². The van der Waals surface area contributed by atoms with Gasteiger partial charge in [0.1, 0.15) is 5.02 Å². The molecule has 1 N–H and O–H groups in total. The van der Waals surface area contributed by atoms with Crippen LogP contribution in [-0.4, -0.2) is 14.9 Å². The highest BCUT2D eigenvalue weighted by molar-refractivity contribution is 6.32. The Kier molecular flexibility index (Phi) is 4.44. The van der Waals surface area contributed by atoms with Crippen molar-refractivity contribution in [3.63, 3.8) is 0 Å². The lowest BCUT2D eigenvalue weighted by Crippen LogP contribution is -2.26. The van der Waals surface area contributed by atoms with E-state index in [1.165, 1.54) is 4.68 Å². The highest BCUT2D eigenvalue weighted by Gasteiger charge is 2.10. The van der Waals surface area contributed by atoms with Gasteiger partial charge >= 0.3 is 0 Å². The minimum absolute atomic E-state index is 0.136. The van der Waals surface area contributed by atoms with E-state index < -0.39 is 0 Å². The van der Waals surface area contributed by atoms with E-state index in [1.807, 2.05) is 26.8 Å². The maximum absolute atomic E-state index is 12.0. The van der Waals surface area contributed by atoms with Crippen molar-refractivity contribution in [1.29, 1.82) is 0 Å². The topological polar surface area (TPSA) is 73.0 Å². The Morgan fingerprint density at radius 3 is 2.85 bits per heavy atom. The third-order valence-electron chi connectivity index (χ3n) is 2.65. The van der Waals surface area contributed by atoms with Crippen LogP contribution in [0.25, 0.3) is 0 Å². The van der Waals surface area contributed by atoms with Gasteiger partial charge in [0.15, 0.2) is 5.76 Å². The quantitative estimate of drug-likeness (QED) is 0.917. The van der Waals surface area contributed by atoms with Crippen molar-refractivity contribution < 1.29 is 4.52 Å². The highest BCUT2D eigenvalue weighted by atomic mass is 35.5. The third kappa shape index (κ3) is 3.39. The predicted molar refractivity (Wildman–Crippen MR) is 76.9 cm³/mol. The Hall–Kier alpha value is -1.82. The Morgan fingerprint density at radius 1 is 1.50 bits per heavy atom. The van der Waals surface area contributed by atoms with E-state index in [0.29, 0.717) is 30.5 Å². The number of hydrogen-bond acceptors (Lipinski definition) is 5. The molecule has 0 aliphatic carbocycles. The van der Waals surface area contributed by atoms with Crippen molar-refractivity contribution in [1.82, 2.24) is 14.9 Å². The van der Waals surface area contributed by atoms with E-state index in [1.54, 1.807) is 6.20 Å². The van der Waals surface area contributed by atoms with E-state index in [-0.39, 0.29) is 10.6 Å². The van der Waals surface area contributed by atoms with Crippen molar-refractivity contribution in [3.05, 3.63) is 39.1 Å². The first-order valence-electron chi connectivity index (χ1n) is 6.39. The molecule has 0 amide bonds. The summed E-state index contributed by atoms with van der Waals surface area (Å²) in [7, 11) is 0. The molecule has 2 aromatic rings. The van der Waals surface area contributed by atoms with Crippen LogP contribution in [0, 0.1) is 12.8 Å². The minimum atomic E-state index is -0.292. The van der Waals surface area contributed by atoms with Gasteiger partial charge in [-0.3, -0.25) is 4.79 Å². The fourth-order valence-corrected chi connectivity index (χ4v) is 1.96. The average molecular weight is 297 g/mol. The Morgan fingerprint density at radius 2 is 2.25 bits per heavy atom. The number of hydrogen-bond donors (Lipinski definition) is 1. The molecule has 2 heterocycles. The molecule has 2 rings (SSSR count). The second-order valence-electron chi connectivity index (χ2n) is 5.04. The molecule has 0 fully saturated rings. The third-order valence-corrected chi connectivity index (χ3v) is 3.02. The molecule has 0 aliphatic rings. The zero-order chi connectivity index (χ0) is 14.7. The first-order valence-corrected chi connectivity index (χ1v) is 6.77. The molecule has 6 nitrogen and oxygen atoms in total. The van der Waals surface area contributed by atoms with Gasteiger partial charge in [-0.05, 0) is 12.8 Å². The fourth-order valence-electron chi connectivity index (χ4n) is 1.75. The molecule has 0 aliphatic heterocycles. The molecule has 0 radical (unpaired) electrons. The van der Waals surface area contributed by atoms with E-state index in [2.05, 4.69) is 15.6 Å². The molecule has 0 bridgehead atoms. The molecular weight excluding hydrogens is 280 g/mol. The monoisotopic (exact) mass is 296 g/mol. The standard InChI is InChI=1S/C13H17ClN4O2/c1-8(2)7-18-13(19)12(14)11(6-16-18)15-5-10-4-9(3)17-20-10/h4,6,8,15H,5,7H2,1-3H3. The number of halogens is 1. The molecule has 0 spiro atoms. The highest BCUT2D eigenvalue weighted by Crippen LogP contribution is 2.17. The smallest absolute Gasteiger partial charge is 0.287 e. The zero-order valence-electron chi connectivity index (χ0n) is 11.7. The molecule has 2 aromatic heterocycles. The molecule has 20 heavy (non-hydrogen) atoms. The number of nitrogens with zero attached hydrogens (tertiary/aromatic N) is 3. The lowest BCUT2D eigenvalue weighted by Gasteiger charge is -2.10. The normalized spacial score (nSPS) is 11.1. The van der Waals surface area contributed by atoms with Gasteiger partial charge in [0.25, 0.3) is 5.56 Å². The molecule has 0 atom stereocenters. The first-order chi connectivity index (χ1) is 9.47. The summed E-state index contributed by atoms with van der Waals surface area (Å²) in [5, 5.41) is 11.1. The first kappa shape index (κ1) is 14.6. The van der Waals surface area contributed by atoms with Gasteiger partial charge in [-0.15, -0.1) is 0 Å². The molecular formula is C13H17ClN4O2. The molecule has 108 valence electrons. The number of aromatic nitrogens is 3. The van der Waals surface area contributed by atoms with E-state index >= 15 is 0 Å². The molecule has 7 heteroatoms. The number of rotatable bonds is 5. The van der Waals surface area contributed by atoms with E-state index in [4.69, 9.17) is 16.1 Å². The van der Waals surface area contributed by atoms with Crippen molar-refractivity contribution in [2.24, 2.45) is 5.92 Å². The maximum atomic E-state index is 12.0. The summed E-state index contributed by atoms with van der Waals surface area (Å²) in [4.78, 5) is 12.0. The Balaban J connectivity index is 2.13. The molecule has 0 saturated carbocycles. The van der Waals surface area contributed by atoms with Crippen molar-refractivity contribution in [2.45, 2.75) is 33.9 Å². The van der Waals surface area contributed by atoms with Crippen LogP contribution >= 0.6 is 11.6 Å². The summed E-state index contributed by atoms with van der Waals surface area (Å²) in [6, 6.07) is 1.81. The van der Waals surface area contributed by atoms with E-state index in [9.17, 15) is 4.79 Å². The number of nitrogens with one attached hydrogen (secondary N) is 1. The van der Waals surface area contributed by atoms with Crippen LogP contribution in [0.1, 0.15) is 25.3 Å². The van der Waals surface area contributed by atoms with Crippen LogP contribution in [0.3, 0.4) is 0 Å². The fraction of sp³-hybridized carbons (Fsp3) is 0.462. The van der Waals surface area contributed by atoms with Crippen molar-refractivity contribution >= 4 is 17.3 Å². The SMILES string of the molecule is Cc1cc(CNc2cnn(CC(C)C)c(=O)c2Cl)on1. The maximum Gasteiger partial charge on any atom is 0.287 e. The van der Waals surface area contributed by atoms with Gasteiger partial charge in [0.2, 0.25) is 0 Å². The van der Waals surface area contributed by atoms with Gasteiger partial charge in [0, 0.05) is 12.6 Å². The molecule has 0 unspecified atom stereocenters. The van der Waals surface area contributed by atoms with Gasteiger partial charge in [-0.25, -0.2) is 4.68 Å². The van der Waals surface area contributed by atoms with Crippen LogP contribution in [-0.2, 0) is 13.1 Å². The van der Waals surface area contributed by atoms with Gasteiger partial charge in [-0.1, -0.05) is 30.6 Å². The molecule has 0 aromatic carbocycles. The zero-order valence-corrected chi connectivity index (χ0v) is 12.4. The summed E-state index contributed by atoms with van der Waals surface area (Å²) in [5.41, 5.74) is 1.00. The largest absolute Gasteiger partial charge is 0.375 e. The van der Waals surface area contributed by atoms with Crippen LogP contribution < -0.4 is 10.9 Å². The number of anilines is 1. The summed E-state index contributed by atoms with van der Waals surface area (Å²) in [5.74, 6) is 0.997. The van der Waals surface area contributed by atoms with Crippen LogP contribution in [0.4, 0.5) is 5.69 Å². The second-order valence-corrected chi connectivity index (χ2v) is 5.42. The van der Waals surface area contributed by atoms with Gasteiger partial charge in [-0.2, -0.15) is 5.10 Å². The van der Waals surface area contributed by atoms with Crippen LogP contribution in [0.2, 0.25) is 5.02 Å². The molecule has 0 saturated heterocycles. The summed E-state index contributed by atoms with van der Waals surface area (Å²) in [6.45, 7) is 6.81. The summed E-state index contributed by atoms with van der Waals surface area (Å²) >= 11 is 6.07. The predicted octanol–water partition coefficient (Wildman–Crippen LogP) is 2.46. The summed E-state index contributed by atoms with van der Waals surface area (Å²) < 4.78 is 6.44. The number of aryl methyl sites for hydroxylation is 1. The van der Waals surface area contributed by atoms with Crippen molar-refractivity contribution in [2.75, 3.05) is 5.32 Å². The van der Waals surface area contributed by atoms with Crippen LogP contribution in [0.5, 0.6) is 0 Å². The minimum Gasteiger partial charge on any atom is -0.375 e. The lowest BCUT2D eigenvalue weighted by molar-refractivity contribution is 0.384. The summed E-state index contributed by atoms with van der Waals surface area (Å²) in [6.07, 6.45) is 1.55. The second kappa shape index (κ2) is 6.09. The van der Waals surface area contributed by atoms with E-state index in [0.717, 1.165) is 5.69 Å².